The first-order valence-corrected chi connectivity index (χ1v) is 8.49. The van der Waals surface area contributed by atoms with Crippen molar-refractivity contribution in [2.24, 2.45) is 5.73 Å². The van der Waals surface area contributed by atoms with Crippen LogP contribution in [0.4, 0.5) is 23.4 Å². The van der Waals surface area contributed by atoms with Gasteiger partial charge in [-0.15, -0.1) is 0 Å². The first kappa shape index (κ1) is 20.3. The average molecular weight is 407 g/mol. The maximum atomic E-state index is 13.9. The number of carbonyl (C=O) groups excluding carboxylic acids is 1. The SMILES string of the molecule is Cc1c(F)cccc1-n1nc(C(C)c2ccc(C(F)(F)F)cn2)c(C(N)=O)c1N. The Kier molecular flexibility index (Phi) is 5.04. The fraction of sp³-hybridized carbons (Fsp3) is 0.211. The Morgan fingerprint density at radius 1 is 1.21 bits per heavy atom. The van der Waals surface area contributed by atoms with Crippen LogP contribution in [0.1, 0.15) is 45.7 Å². The molecule has 0 aliphatic rings. The maximum absolute atomic E-state index is 13.9. The summed E-state index contributed by atoms with van der Waals surface area (Å²) in [7, 11) is 0. The number of nitrogens with two attached hydrogens (primary N) is 2. The number of halogens is 4. The van der Waals surface area contributed by atoms with Gasteiger partial charge in [0.2, 0.25) is 0 Å². The maximum Gasteiger partial charge on any atom is 0.417 e. The quantitative estimate of drug-likeness (QED) is 0.646. The van der Waals surface area contributed by atoms with Gasteiger partial charge in [0.15, 0.2) is 0 Å². The van der Waals surface area contributed by atoms with Crippen molar-refractivity contribution in [3.63, 3.8) is 0 Å². The molecule has 0 radical (unpaired) electrons. The lowest BCUT2D eigenvalue weighted by Crippen LogP contribution is -2.16. The van der Waals surface area contributed by atoms with Gasteiger partial charge < -0.3 is 11.5 Å². The number of alkyl halides is 3. The monoisotopic (exact) mass is 407 g/mol. The Labute approximate surface area is 163 Å². The number of anilines is 1. The molecule has 1 aromatic carbocycles. The van der Waals surface area contributed by atoms with Crippen LogP contribution in [0.25, 0.3) is 5.69 Å². The Hall–Kier alpha value is -3.43. The van der Waals surface area contributed by atoms with E-state index in [0.29, 0.717) is 11.9 Å². The van der Waals surface area contributed by atoms with Crippen molar-refractivity contribution in [2.45, 2.75) is 25.9 Å². The summed E-state index contributed by atoms with van der Waals surface area (Å²) in [5, 5.41) is 4.31. The summed E-state index contributed by atoms with van der Waals surface area (Å²) in [4.78, 5) is 15.8. The molecule has 4 N–H and O–H groups in total. The summed E-state index contributed by atoms with van der Waals surface area (Å²) in [5.74, 6) is -2.15. The van der Waals surface area contributed by atoms with Crippen LogP contribution >= 0.6 is 0 Å². The van der Waals surface area contributed by atoms with Gasteiger partial charge in [-0.05, 0) is 31.2 Å². The van der Waals surface area contributed by atoms with Crippen LogP contribution in [-0.4, -0.2) is 20.7 Å². The van der Waals surface area contributed by atoms with E-state index in [-0.39, 0.29) is 28.3 Å². The van der Waals surface area contributed by atoms with Crippen molar-refractivity contribution in [1.82, 2.24) is 14.8 Å². The summed E-state index contributed by atoms with van der Waals surface area (Å²) in [6.07, 6.45) is -3.82. The van der Waals surface area contributed by atoms with Crippen LogP contribution in [0, 0.1) is 12.7 Å². The summed E-state index contributed by atoms with van der Waals surface area (Å²) >= 11 is 0. The Morgan fingerprint density at radius 2 is 1.90 bits per heavy atom. The molecule has 0 saturated carbocycles. The number of hydrogen-bond donors (Lipinski definition) is 2. The van der Waals surface area contributed by atoms with Crippen molar-refractivity contribution < 1.29 is 22.4 Å². The van der Waals surface area contributed by atoms with Gasteiger partial charge in [0, 0.05) is 23.4 Å². The van der Waals surface area contributed by atoms with Crippen molar-refractivity contribution >= 4 is 11.7 Å². The number of nitrogen functional groups attached to an aromatic ring is 1. The van der Waals surface area contributed by atoms with Crippen LogP contribution in [0.2, 0.25) is 0 Å². The van der Waals surface area contributed by atoms with E-state index < -0.39 is 29.4 Å². The highest BCUT2D eigenvalue weighted by Gasteiger charge is 2.32. The number of carbonyl (C=O) groups is 1. The number of rotatable bonds is 4. The Bertz CT molecular complexity index is 1070. The number of aromatic nitrogens is 3. The summed E-state index contributed by atoms with van der Waals surface area (Å²) < 4.78 is 53.4. The van der Waals surface area contributed by atoms with E-state index in [9.17, 15) is 22.4 Å². The molecule has 3 aromatic rings. The topological polar surface area (TPSA) is 99.8 Å². The fourth-order valence-corrected chi connectivity index (χ4v) is 2.98. The van der Waals surface area contributed by atoms with Crippen LogP contribution in [0.3, 0.4) is 0 Å². The number of benzene rings is 1. The van der Waals surface area contributed by atoms with E-state index in [0.717, 1.165) is 6.07 Å². The van der Waals surface area contributed by atoms with Gasteiger partial charge in [0.1, 0.15) is 17.2 Å². The molecule has 0 bridgehead atoms. The van der Waals surface area contributed by atoms with Crippen molar-refractivity contribution in [3.05, 3.63) is 70.4 Å². The van der Waals surface area contributed by atoms with Crippen LogP contribution in [-0.2, 0) is 6.18 Å². The minimum absolute atomic E-state index is 0.0946. The standard InChI is InChI=1S/C19H17F4N5O/c1-9-12(20)4-3-5-14(9)28-17(24)15(18(25)29)16(27-28)10(2)13-7-6-11(8-26-13)19(21,22)23/h3-8,10H,24H2,1-2H3,(H2,25,29). The van der Waals surface area contributed by atoms with Crippen molar-refractivity contribution in [1.29, 1.82) is 0 Å². The molecular formula is C19H17F4N5O. The third-order valence-corrected chi connectivity index (χ3v) is 4.63. The molecule has 0 fully saturated rings. The number of amides is 1. The summed E-state index contributed by atoms with van der Waals surface area (Å²) in [5.41, 5.74) is 11.5. The smallest absolute Gasteiger partial charge is 0.383 e. The van der Waals surface area contributed by atoms with Crippen LogP contribution in [0.15, 0.2) is 36.5 Å². The molecule has 152 valence electrons. The normalized spacial score (nSPS) is 12.8. The lowest BCUT2D eigenvalue weighted by molar-refractivity contribution is -0.137. The lowest BCUT2D eigenvalue weighted by Gasteiger charge is -2.12. The minimum atomic E-state index is -4.52. The molecule has 29 heavy (non-hydrogen) atoms. The first-order valence-electron chi connectivity index (χ1n) is 8.49. The van der Waals surface area contributed by atoms with Gasteiger partial charge in [-0.2, -0.15) is 18.3 Å². The molecule has 0 aliphatic carbocycles. The number of primary amides is 1. The second-order valence-corrected chi connectivity index (χ2v) is 6.50. The van der Waals surface area contributed by atoms with Crippen LogP contribution in [0.5, 0.6) is 0 Å². The second kappa shape index (κ2) is 7.19. The van der Waals surface area contributed by atoms with E-state index in [4.69, 9.17) is 11.5 Å². The highest BCUT2D eigenvalue weighted by atomic mass is 19.4. The number of nitrogens with zero attached hydrogens (tertiary/aromatic N) is 3. The molecule has 1 unspecified atom stereocenters. The minimum Gasteiger partial charge on any atom is -0.383 e. The predicted octanol–water partition coefficient (Wildman–Crippen LogP) is 3.57. The van der Waals surface area contributed by atoms with Gasteiger partial charge in [-0.1, -0.05) is 13.0 Å². The first-order chi connectivity index (χ1) is 13.5. The second-order valence-electron chi connectivity index (χ2n) is 6.50. The molecule has 2 aromatic heterocycles. The summed E-state index contributed by atoms with van der Waals surface area (Å²) in [6.45, 7) is 3.13. The molecule has 0 spiro atoms. The van der Waals surface area contributed by atoms with E-state index >= 15 is 0 Å². The third-order valence-electron chi connectivity index (χ3n) is 4.63. The van der Waals surface area contributed by atoms with Gasteiger partial charge in [-0.3, -0.25) is 9.78 Å². The fourth-order valence-electron chi connectivity index (χ4n) is 2.98. The highest BCUT2D eigenvalue weighted by molar-refractivity contribution is 5.99. The third kappa shape index (κ3) is 3.65. The van der Waals surface area contributed by atoms with Gasteiger partial charge in [-0.25, -0.2) is 9.07 Å². The Balaban J connectivity index is 2.12. The predicted molar refractivity (Wildman–Crippen MR) is 97.9 cm³/mol. The van der Waals surface area contributed by atoms with E-state index in [1.807, 2.05) is 0 Å². The molecule has 1 atom stereocenters. The van der Waals surface area contributed by atoms with E-state index in [1.165, 1.54) is 29.8 Å². The molecule has 2 heterocycles. The molecule has 10 heteroatoms. The lowest BCUT2D eigenvalue weighted by atomic mass is 9.98. The van der Waals surface area contributed by atoms with E-state index in [1.54, 1.807) is 13.0 Å². The molecular weight excluding hydrogens is 390 g/mol. The number of hydrogen-bond acceptors (Lipinski definition) is 4. The average Bonchev–Trinajstić information content (AvgIpc) is 3.00. The molecule has 3 rings (SSSR count). The highest BCUT2D eigenvalue weighted by Crippen LogP contribution is 2.33. The van der Waals surface area contributed by atoms with Gasteiger partial charge in [0.25, 0.3) is 5.91 Å². The van der Waals surface area contributed by atoms with Gasteiger partial charge >= 0.3 is 6.18 Å². The number of pyridine rings is 1. The van der Waals surface area contributed by atoms with Crippen molar-refractivity contribution in [3.8, 4) is 5.69 Å². The zero-order valence-electron chi connectivity index (χ0n) is 15.5. The molecule has 6 nitrogen and oxygen atoms in total. The van der Waals surface area contributed by atoms with Gasteiger partial charge in [0.05, 0.1) is 16.9 Å². The zero-order valence-corrected chi connectivity index (χ0v) is 15.5. The Morgan fingerprint density at radius 3 is 2.45 bits per heavy atom. The largest absolute Gasteiger partial charge is 0.417 e. The zero-order chi connectivity index (χ0) is 21.5. The molecule has 0 saturated heterocycles. The van der Waals surface area contributed by atoms with Crippen molar-refractivity contribution in [2.75, 3.05) is 5.73 Å². The molecule has 1 amide bonds. The van der Waals surface area contributed by atoms with Crippen LogP contribution < -0.4 is 11.5 Å². The molecule has 0 aliphatic heterocycles. The summed E-state index contributed by atoms with van der Waals surface area (Å²) in [6, 6.07) is 6.38. The van der Waals surface area contributed by atoms with E-state index in [2.05, 4.69) is 10.1 Å².